The van der Waals surface area contributed by atoms with Gasteiger partial charge in [-0.15, -0.1) is 0 Å². The molecule has 0 aliphatic rings. The molecule has 94 valence electrons. The molecule has 0 aliphatic heterocycles. The highest BCUT2D eigenvalue weighted by atomic mass is 35.5. The van der Waals surface area contributed by atoms with Crippen molar-refractivity contribution in [1.82, 2.24) is 4.98 Å². The van der Waals surface area contributed by atoms with Gasteiger partial charge in [0, 0.05) is 17.6 Å². The van der Waals surface area contributed by atoms with E-state index in [1.165, 1.54) is 0 Å². The Hall–Kier alpha value is -1.74. The summed E-state index contributed by atoms with van der Waals surface area (Å²) >= 11 is 5.96. The number of aromatic nitrogens is 1. The Balaban J connectivity index is 2.22. The summed E-state index contributed by atoms with van der Waals surface area (Å²) in [6.45, 7) is 4.86. The van der Waals surface area contributed by atoms with E-state index in [-0.39, 0.29) is 0 Å². The van der Waals surface area contributed by atoms with E-state index in [4.69, 9.17) is 16.3 Å². The molecule has 0 saturated carbocycles. The number of ether oxygens (including phenoxy) is 1. The van der Waals surface area contributed by atoms with E-state index in [1.54, 1.807) is 18.5 Å². The third-order valence-electron chi connectivity index (χ3n) is 2.47. The Kier molecular flexibility index (Phi) is 4.05. The number of anilines is 1. The molecule has 0 bridgehead atoms. The molecule has 0 spiro atoms. The number of nitrogens with zero attached hydrogens (tertiary/aromatic N) is 1. The molecule has 1 aromatic carbocycles. The number of aryl methyl sites for hydroxylation is 1. The van der Waals surface area contributed by atoms with Crippen LogP contribution in [0.5, 0.6) is 11.5 Å². The lowest BCUT2D eigenvalue weighted by Crippen LogP contribution is -1.97. The normalized spacial score (nSPS) is 10.2. The van der Waals surface area contributed by atoms with Gasteiger partial charge >= 0.3 is 0 Å². The number of rotatable bonds is 4. The quantitative estimate of drug-likeness (QED) is 0.894. The molecular formula is C14H15ClN2O. The van der Waals surface area contributed by atoms with Crippen molar-refractivity contribution in [1.29, 1.82) is 0 Å². The van der Waals surface area contributed by atoms with Gasteiger partial charge in [-0.05, 0) is 31.5 Å². The Labute approximate surface area is 112 Å². The fourth-order valence-electron chi connectivity index (χ4n) is 1.59. The van der Waals surface area contributed by atoms with Gasteiger partial charge in [0.2, 0.25) is 0 Å². The minimum Gasteiger partial charge on any atom is -0.455 e. The minimum atomic E-state index is 0.659. The van der Waals surface area contributed by atoms with Crippen LogP contribution in [0.4, 0.5) is 5.69 Å². The standard InChI is InChI=1S/C14H15ClN2O/c1-3-17-12-7-13(9-16-8-12)18-14-6-11(15)5-4-10(14)2/h4-9,17H,3H2,1-2H3. The highest BCUT2D eigenvalue weighted by Gasteiger charge is 2.03. The number of benzene rings is 1. The fourth-order valence-corrected chi connectivity index (χ4v) is 1.75. The highest BCUT2D eigenvalue weighted by Crippen LogP contribution is 2.28. The zero-order chi connectivity index (χ0) is 13.0. The molecule has 1 aromatic heterocycles. The van der Waals surface area contributed by atoms with Crippen molar-refractivity contribution < 1.29 is 4.74 Å². The predicted molar refractivity (Wildman–Crippen MR) is 74.7 cm³/mol. The largest absolute Gasteiger partial charge is 0.455 e. The van der Waals surface area contributed by atoms with Crippen molar-refractivity contribution in [3.05, 3.63) is 47.2 Å². The van der Waals surface area contributed by atoms with Gasteiger partial charge in [0.05, 0.1) is 18.1 Å². The summed E-state index contributed by atoms with van der Waals surface area (Å²) in [6, 6.07) is 7.49. The molecule has 4 heteroatoms. The van der Waals surface area contributed by atoms with Crippen LogP contribution in [0.1, 0.15) is 12.5 Å². The first-order valence-electron chi connectivity index (χ1n) is 5.82. The molecule has 18 heavy (non-hydrogen) atoms. The summed E-state index contributed by atoms with van der Waals surface area (Å²) < 4.78 is 5.79. The van der Waals surface area contributed by atoms with E-state index in [0.29, 0.717) is 10.8 Å². The molecule has 2 rings (SSSR count). The van der Waals surface area contributed by atoms with Gasteiger partial charge in [-0.1, -0.05) is 17.7 Å². The minimum absolute atomic E-state index is 0.659. The highest BCUT2D eigenvalue weighted by molar-refractivity contribution is 6.30. The zero-order valence-electron chi connectivity index (χ0n) is 10.4. The third kappa shape index (κ3) is 3.14. The Morgan fingerprint density at radius 3 is 2.89 bits per heavy atom. The summed E-state index contributed by atoms with van der Waals surface area (Å²) in [4.78, 5) is 4.13. The van der Waals surface area contributed by atoms with E-state index in [9.17, 15) is 0 Å². The number of hydrogen-bond donors (Lipinski definition) is 1. The van der Waals surface area contributed by atoms with Crippen LogP contribution < -0.4 is 10.1 Å². The van der Waals surface area contributed by atoms with Gasteiger partial charge in [0.1, 0.15) is 11.5 Å². The molecule has 1 N–H and O–H groups in total. The maximum absolute atomic E-state index is 5.96. The molecule has 3 nitrogen and oxygen atoms in total. The van der Waals surface area contributed by atoms with E-state index in [2.05, 4.69) is 10.3 Å². The van der Waals surface area contributed by atoms with E-state index in [1.807, 2.05) is 32.0 Å². The molecule has 0 aliphatic carbocycles. The summed E-state index contributed by atoms with van der Waals surface area (Å²) in [6.07, 6.45) is 3.45. The predicted octanol–water partition coefficient (Wildman–Crippen LogP) is 4.27. The monoisotopic (exact) mass is 262 g/mol. The number of hydrogen-bond acceptors (Lipinski definition) is 3. The molecule has 0 fully saturated rings. The molecule has 0 saturated heterocycles. The maximum Gasteiger partial charge on any atom is 0.147 e. The smallest absolute Gasteiger partial charge is 0.147 e. The van der Waals surface area contributed by atoms with Crippen molar-refractivity contribution in [3.63, 3.8) is 0 Å². The van der Waals surface area contributed by atoms with Crippen LogP contribution in [-0.4, -0.2) is 11.5 Å². The summed E-state index contributed by atoms with van der Waals surface area (Å²) in [7, 11) is 0. The lowest BCUT2D eigenvalue weighted by Gasteiger charge is -2.10. The van der Waals surface area contributed by atoms with E-state index < -0.39 is 0 Å². The Morgan fingerprint density at radius 1 is 1.28 bits per heavy atom. The fraction of sp³-hybridized carbons (Fsp3) is 0.214. The van der Waals surface area contributed by atoms with Crippen molar-refractivity contribution >= 4 is 17.3 Å². The van der Waals surface area contributed by atoms with Crippen molar-refractivity contribution in [2.75, 3.05) is 11.9 Å². The molecule has 2 aromatic rings. The topological polar surface area (TPSA) is 34.2 Å². The number of nitrogens with one attached hydrogen (secondary N) is 1. The van der Waals surface area contributed by atoms with Crippen LogP contribution in [-0.2, 0) is 0 Å². The van der Waals surface area contributed by atoms with E-state index in [0.717, 1.165) is 23.5 Å². The molecular weight excluding hydrogens is 248 g/mol. The van der Waals surface area contributed by atoms with Crippen LogP contribution in [0.25, 0.3) is 0 Å². The van der Waals surface area contributed by atoms with Gasteiger partial charge in [0.25, 0.3) is 0 Å². The van der Waals surface area contributed by atoms with Gasteiger partial charge in [0.15, 0.2) is 0 Å². The van der Waals surface area contributed by atoms with Crippen molar-refractivity contribution in [2.45, 2.75) is 13.8 Å². The van der Waals surface area contributed by atoms with Crippen molar-refractivity contribution in [3.8, 4) is 11.5 Å². The molecule has 0 radical (unpaired) electrons. The van der Waals surface area contributed by atoms with Gasteiger partial charge in [-0.2, -0.15) is 0 Å². The van der Waals surface area contributed by atoms with Crippen LogP contribution >= 0.6 is 11.6 Å². The first-order valence-corrected chi connectivity index (χ1v) is 6.19. The maximum atomic E-state index is 5.96. The van der Waals surface area contributed by atoms with Gasteiger partial charge < -0.3 is 10.1 Å². The summed E-state index contributed by atoms with van der Waals surface area (Å²) in [5.74, 6) is 1.44. The lowest BCUT2D eigenvalue weighted by molar-refractivity contribution is 0.477. The van der Waals surface area contributed by atoms with Crippen LogP contribution in [0, 0.1) is 6.92 Å². The Morgan fingerprint density at radius 2 is 2.11 bits per heavy atom. The Bertz CT molecular complexity index is 543. The average molecular weight is 263 g/mol. The zero-order valence-corrected chi connectivity index (χ0v) is 11.2. The third-order valence-corrected chi connectivity index (χ3v) is 2.71. The first-order chi connectivity index (χ1) is 8.69. The summed E-state index contributed by atoms with van der Waals surface area (Å²) in [5, 5.41) is 3.85. The van der Waals surface area contributed by atoms with Gasteiger partial charge in [-0.3, -0.25) is 4.98 Å². The van der Waals surface area contributed by atoms with Gasteiger partial charge in [-0.25, -0.2) is 0 Å². The lowest BCUT2D eigenvalue weighted by atomic mass is 10.2. The SMILES string of the molecule is CCNc1cncc(Oc2cc(Cl)ccc2C)c1. The second-order valence-electron chi connectivity index (χ2n) is 3.95. The molecule has 0 atom stereocenters. The molecule has 1 heterocycles. The van der Waals surface area contributed by atoms with Crippen LogP contribution in [0.15, 0.2) is 36.7 Å². The van der Waals surface area contributed by atoms with Crippen LogP contribution in [0.3, 0.4) is 0 Å². The second kappa shape index (κ2) is 5.74. The number of pyridine rings is 1. The van der Waals surface area contributed by atoms with Crippen LogP contribution in [0.2, 0.25) is 5.02 Å². The number of halogens is 1. The van der Waals surface area contributed by atoms with E-state index >= 15 is 0 Å². The first kappa shape index (κ1) is 12.7. The second-order valence-corrected chi connectivity index (χ2v) is 4.39. The average Bonchev–Trinajstić information content (AvgIpc) is 2.35. The summed E-state index contributed by atoms with van der Waals surface area (Å²) in [5.41, 5.74) is 1.97. The molecule has 0 unspecified atom stereocenters. The van der Waals surface area contributed by atoms with Crippen molar-refractivity contribution in [2.24, 2.45) is 0 Å². The molecule has 0 amide bonds.